The molecule has 0 atom stereocenters. The average Bonchev–Trinajstić information content (AvgIpc) is 2.41. The zero-order chi connectivity index (χ0) is 13.8. The number of amides is 2. The molecule has 2 rings (SSSR count). The summed E-state index contributed by atoms with van der Waals surface area (Å²) in [6.07, 6.45) is 5.16. The number of hydrogen-bond acceptors (Lipinski definition) is 2. The highest BCUT2D eigenvalue weighted by atomic mass is 35.5. The largest absolute Gasteiger partial charge is 0.328 e. The lowest BCUT2D eigenvalue weighted by atomic mass is 10.2. The maximum atomic E-state index is 11.9. The van der Waals surface area contributed by atoms with Crippen LogP contribution < -0.4 is 0 Å². The maximum absolute atomic E-state index is 11.9. The Morgan fingerprint density at radius 1 is 1.11 bits per heavy atom. The molecule has 0 N–H and O–H groups in total. The number of nitrogens with zero attached hydrogens (tertiary/aromatic N) is 2. The van der Waals surface area contributed by atoms with Crippen LogP contribution in [0.2, 0.25) is 5.02 Å². The minimum atomic E-state index is -0.529. The van der Waals surface area contributed by atoms with Crippen molar-refractivity contribution in [2.24, 2.45) is 0 Å². The lowest BCUT2D eigenvalue weighted by molar-refractivity contribution is -0.155. The molecule has 1 aromatic carbocycles. The predicted molar refractivity (Wildman–Crippen MR) is 72.3 cm³/mol. The molecule has 0 radical (unpaired) electrons. The molecule has 0 aromatic heterocycles. The molecule has 1 fully saturated rings. The van der Waals surface area contributed by atoms with E-state index in [1.807, 2.05) is 12.1 Å². The normalized spacial score (nSPS) is 15.6. The highest BCUT2D eigenvalue weighted by molar-refractivity contribution is 6.35. The van der Waals surface area contributed by atoms with Crippen LogP contribution in [-0.4, -0.2) is 41.2 Å². The SMILES string of the molecule is C#CCN1CCN(Cc2ccc(Cl)cc2)C(=O)C1=O. The van der Waals surface area contributed by atoms with Crippen LogP contribution in [0.25, 0.3) is 0 Å². The highest BCUT2D eigenvalue weighted by Gasteiger charge is 2.31. The molecule has 1 aliphatic rings. The van der Waals surface area contributed by atoms with Gasteiger partial charge in [0.25, 0.3) is 0 Å². The molecule has 0 aliphatic carbocycles. The molecule has 2 amide bonds. The van der Waals surface area contributed by atoms with Gasteiger partial charge in [-0.2, -0.15) is 0 Å². The van der Waals surface area contributed by atoms with Crippen molar-refractivity contribution < 1.29 is 9.59 Å². The summed E-state index contributed by atoms with van der Waals surface area (Å²) in [5.74, 6) is 1.35. The molecule has 0 spiro atoms. The summed E-state index contributed by atoms with van der Waals surface area (Å²) in [4.78, 5) is 26.6. The fourth-order valence-electron chi connectivity index (χ4n) is 1.94. The third-order valence-corrected chi connectivity index (χ3v) is 3.22. The van der Waals surface area contributed by atoms with E-state index in [0.29, 0.717) is 24.7 Å². The van der Waals surface area contributed by atoms with Gasteiger partial charge in [0.15, 0.2) is 0 Å². The summed E-state index contributed by atoms with van der Waals surface area (Å²) < 4.78 is 0. The van der Waals surface area contributed by atoms with Crippen LogP contribution in [-0.2, 0) is 16.1 Å². The first kappa shape index (κ1) is 13.4. The van der Waals surface area contributed by atoms with E-state index in [9.17, 15) is 9.59 Å². The molecule has 0 unspecified atom stereocenters. The molecule has 1 heterocycles. The maximum Gasteiger partial charge on any atom is 0.312 e. The van der Waals surface area contributed by atoms with Crippen LogP contribution in [0.3, 0.4) is 0 Å². The first-order valence-electron chi connectivity index (χ1n) is 5.88. The summed E-state index contributed by atoms with van der Waals surface area (Å²) in [5.41, 5.74) is 0.941. The minimum Gasteiger partial charge on any atom is -0.328 e. The van der Waals surface area contributed by atoms with Gasteiger partial charge in [-0.3, -0.25) is 9.59 Å². The Hall–Kier alpha value is -1.99. The molecule has 1 saturated heterocycles. The molecule has 98 valence electrons. The van der Waals surface area contributed by atoms with Crippen molar-refractivity contribution in [3.05, 3.63) is 34.9 Å². The topological polar surface area (TPSA) is 40.6 Å². The Morgan fingerprint density at radius 3 is 2.32 bits per heavy atom. The van der Waals surface area contributed by atoms with Crippen LogP contribution in [0.5, 0.6) is 0 Å². The van der Waals surface area contributed by atoms with E-state index in [1.54, 1.807) is 12.1 Å². The second kappa shape index (κ2) is 5.77. The molecular formula is C14H13ClN2O2. The summed E-state index contributed by atoms with van der Waals surface area (Å²) >= 11 is 5.80. The van der Waals surface area contributed by atoms with Crippen LogP contribution in [0.4, 0.5) is 0 Å². The monoisotopic (exact) mass is 276 g/mol. The summed E-state index contributed by atoms with van der Waals surface area (Å²) in [6.45, 7) is 1.56. The fraction of sp³-hybridized carbons (Fsp3) is 0.286. The second-order valence-corrected chi connectivity index (χ2v) is 4.72. The number of piperazine rings is 1. The van der Waals surface area contributed by atoms with Crippen LogP contribution in [0.1, 0.15) is 5.56 Å². The Labute approximate surface area is 116 Å². The van der Waals surface area contributed by atoms with E-state index in [2.05, 4.69) is 5.92 Å². The summed E-state index contributed by atoms with van der Waals surface area (Å²) in [7, 11) is 0. The van der Waals surface area contributed by atoms with Crippen LogP contribution in [0.15, 0.2) is 24.3 Å². The Balaban J connectivity index is 2.03. The molecule has 1 aliphatic heterocycles. The van der Waals surface area contributed by atoms with Gasteiger partial charge in [0.1, 0.15) is 0 Å². The van der Waals surface area contributed by atoms with Gasteiger partial charge in [0.05, 0.1) is 6.54 Å². The second-order valence-electron chi connectivity index (χ2n) is 4.28. The molecule has 1 aromatic rings. The number of carbonyl (C=O) groups is 2. The minimum absolute atomic E-state index is 0.180. The van der Waals surface area contributed by atoms with Gasteiger partial charge in [-0.05, 0) is 17.7 Å². The third-order valence-electron chi connectivity index (χ3n) is 2.97. The zero-order valence-electron chi connectivity index (χ0n) is 10.3. The first-order valence-corrected chi connectivity index (χ1v) is 6.25. The van der Waals surface area contributed by atoms with E-state index in [4.69, 9.17) is 18.0 Å². The zero-order valence-corrected chi connectivity index (χ0v) is 11.1. The van der Waals surface area contributed by atoms with E-state index >= 15 is 0 Å². The lowest BCUT2D eigenvalue weighted by Gasteiger charge is -2.32. The van der Waals surface area contributed by atoms with Crippen LogP contribution >= 0.6 is 11.6 Å². The number of carbonyl (C=O) groups excluding carboxylic acids is 2. The Bertz CT molecular complexity index is 533. The Kier molecular flexibility index (Phi) is 4.08. The van der Waals surface area contributed by atoms with Crippen molar-refractivity contribution >= 4 is 23.4 Å². The smallest absolute Gasteiger partial charge is 0.312 e. The number of benzene rings is 1. The Morgan fingerprint density at radius 2 is 1.68 bits per heavy atom. The van der Waals surface area contributed by atoms with Gasteiger partial charge in [-0.25, -0.2) is 0 Å². The van der Waals surface area contributed by atoms with Gasteiger partial charge in [-0.15, -0.1) is 6.42 Å². The molecule has 19 heavy (non-hydrogen) atoms. The highest BCUT2D eigenvalue weighted by Crippen LogP contribution is 2.13. The van der Waals surface area contributed by atoms with Gasteiger partial charge in [0.2, 0.25) is 0 Å². The van der Waals surface area contributed by atoms with Crippen molar-refractivity contribution in [2.75, 3.05) is 19.6 Å². The quantitative estimate of drug-likeness (QED) is 0.614. The van der Waals surface area contributed by atoms with E-state index in [1.165, 1.54) is 9.80 Å². The number of rotatable bonds is 3. The fourth-order valence-corrected chi connectivity index (χ4v) is 2.06. The number of hydrogen-bond donors (Lipinski definition) is 0. The van der Waals surface area contributed by atoms with Crippen molar-refractivity contribution in [1.29, 1.82) is 0 Å². The first-order chi connectivity index (χ1) is 9.11. The van der Waals surface area contributed by atoms with E-state index < -0.39 is 11.8 Å². The van der Waals surface area contributed by atoms with E-state index in [0.717, 1.165) is 5.56 Å². The van der Waals surface area contributed by atoms with Crippen molar-refractivity contribution in [3.8, 4) is 12.3 Å². The summed E-state index contributed by atoms with van der Waals surface area (Å²) in [6, 6.07) is 7.21. The van der Waals surface area contributed by atoms with Gasteiger partial charge in [-0.1, -0.05) is 29.7 Å². The molecule has 4 nitrogen and oxygen atoms in total. The molecule has 0 bridgehead atoms. The van der Waals surface area contributed by atoms with Crippen LogP contribution in [0, 0.1) is 12.3 Å². The van der Waals surface area contributed by atoms with Gasteiger partial charge < -0.3 is 9.80 Å². The standard InChI is InChI=1S/C14H13ClN2O2/c1-2-7-16-8-9-17(14(19)13(16)18)10-11-3-5-12(15)6-4-11/h1,3-6H,7-10H2. The molecular weight excluding hydrogens is 264 g/mol. The number of terminal acetylenes is 1. The van der Waals surface area contributed by atoms with Gasteiger partial charge >= 0.3 is 11.8 Å². The molecule has 5 heteroatoms. The van der Waals surface area contributed by atoms with E-state index in [-0.39, 0.29) is 6.54 Å². The lowest BCUT2D eigenvalue weighted by Crippen LogP contribution is -2.53. The van der Waals surface area contributed by atoms with Crippen molar-refractivity contribution in [2.45, 2.75) is 6.54 Å². The average molecular weight is 277 g/mol. The molecule has 0 saturated carbocycles. The number of halogens is 1. The predicted octanol–water partition coefficient (Wildman–Crippen LogP) is 1.14. The van der Waals surface area contributed by atoms with Gasteiger partial charge in [0, 0.05) is 24.7 Å². The van der Waals surface area contributed by atoms with Crippen molar-refractivity contribution in [1.82, 2.24) is 9.80 Å². The summed E-state index contributed by atoms with van der Waals surface area (Å²) in [5, 5.41) is 0.644. The third kappa shape index (κ3) is 3.07. The van der Waals surface area contributed by atoms with Crippen molar-refractivity contribution in [3.63, 3.8) is 0 Å².